The van der Waals surface area contributed by atoms with E-state index in [-0.39, 0.29) is 11.9 Å². The third kappa shape index (κ3) is 4.18. The molecule has 3 fully saturated rings. The molecule has 2 bridgehead atoms. The maximum Gasteiger partial charge on any atom is 0.223 e. The lowest BCUT2D eigenvalue weighted by Gasteiger charge is -2.57. The molecule has 4 atom stereocenters. The van der Waals surface area contributed by atoms with E-state index in [0.717, 1.165) is 50.9 Å². The summed E-state index contributed by atoms with van der Waals surface area (Å²) < 4.78 is 19.0. The van der Waals surface area contributed by atoms with E-state index in [2.05, 4.69) is 20.9 Å². The van der Waals surface area contributed by atoms with Crippen LogP contribution in [0.1, 0.15) is 36.8 Å². The van der Waals surface area contributed by atoms with Crippen LogP contribution in [-0.2, 0) is 17.8 Å². The second kappa shape index (κ2) is 8.58. The summed E-state index contributed by atoms with van der Waals surface area (Å²) in [5.41, 5.74) is 2.16. The van der Waals surface area contributed by atoms with Gasteiger partial charge in [-0.1, -0.05) is 18.2 Å². The molecular weight excluding hydrogens is 393 g/mol. The van der Waals surface area contributed by atoms with Crippen LogP contribution in [0.25, 0.3) is 0 Å². The fraction of sp³-hybridized carbons (Fsp3) is 0.520. The van der Waals surface area contributed by atoms with Crippen molar-refractivity contribution >= 4 is 5.91 Å². The molecule has 5 rings (SSSR count). The molecular formula is C25H30FN3O2. The Morgan fingerprint density at radius 1 is 1.16 bits per heavy atom. The topological polar surface area (TPSA) is 45.7 Å². The Labute approximate surface area is 183 Å². The van der Waals surface area contributed by atoms with Gasteiger partial charge in [0.25, 0.3) is 0 Å². The van der Waals surface area contributed by atoms with Crippen LogP contribution in [0.3, 0.4) is 0 Å². The second-order valence-electron chi connectivity index (χ2n) is 9.32. The number of fused-ring (bicyclic) bond motifs is 4. The van der Waals surface area contributed by atoms with E-state index in [4.69, 9.17) is 4.74 Å². The van der Waals surface area contributed by atoms with Gasteiger partial charge in [-0.3, -0.25) is 9.69 Å². The summed E-state index contributed by atoms with van der Waals surface area (Å²) >= 11 is 0. The van der Waals surface area contributed by atoms with Crippen molar-refractivity contribution in [1.82, 2.24) is 14.8 Å². The van der Waals surface area contributed by atoms with Crippen LogP contribution in [-0.4, -0.2) is 53.0 Å². The van der Waals surface area contributed by atoms with E-state index in [1.807, 2.05) is 18.3 Å². The number of benzene rings is 1. The molecule has 3 aliphatic rings. The van der Waals surface area contributed by atoms with Gasteiger partial charge >= 0.3 is 0 Å². The summed E-state index contributed by atoms with van der Waals surface area (Å²) in [7, 11) is 1.63. The summed E-state index contributed by atoms with van der Waals surface area (Å²) in [6.07, 6.45) is 6.50. The molecule has 164 valence electrons. The van der Waals surface area contributed by atoms with Crippen molar-refractivity contribution in [3.8, 4) is 5.88 Å². The number of nitrogens with zero attached hydrogens (tertiary/aromatic N) is 3. The molecule has 2 aromatic rings. The molecule has 4 heterocycles. The Kier molecular flexibility index (Phi) is 5.65. The molecule has 0 unspecified atom stereocenters. The van der Waals surface area contributed by atoms with E-state index in [1.165, 1.54) is 11.6 Å². The van der Waals surface area contributed by atoms with Gasteiger partial charge in [0, 0.05) is 50.4 Å². The van der Waals surface area contributed by atoms with Crippen LogP contribution in [0.15, 0.2) is 42.6 Å². The molecule has 1 amide bonds. The molecule has 3 saturated heterocycles. The van der Waals surface area contributed by atoms with Crippen LogP contribution >= 0.6 is 0 Å². The molecule has 0 spiro atoms. The zero-order chi connectivity index (χ0) is 21.4. The van der Waals surface area contributed by atoms with E-state index in [0.29, 0.717) is 36.1 Å². The lowest BCUT2D eigenvalue weighted by atomic mass is 9.70. The van der Waals surface area contributed by atoms with Gasteiger partial charge in [-0.15, -0.1) is 0 Å². The van der Waals surface area contributed by atoms with Crippen LogP contribution < -0.4 is 4.74 Å². The van der Waals surface area contributed by atoms with Gasteiger partial charge in [0.05, 0.1) is 7.11 Å². The highest BCUT2D eigenvalue weighted by atomic mass is 19.1. The lowest BCUT2D eigenvalue weighted by molar-refractivity contribution is -0.152. The Hall–Kier alpha value is -2.47. The zero-order valence-corrected chi connectivity index (χ0v) is 18.0. The number of carbonyl (C=O) groups excluding carboxylic acids is 1. The maximum atomic E-state index is 13.8. The number of methoxy groups -OCH3 is 1. The van der Waals surface area contributed by atoms with Gasteiger partial charge in [0.2, 0.25) is 11.8 Å². The van der Waals surface area contributed by atoms with Gasteiger partial charge in [-0.2, -0.15) is 0 Å². The Morgan fingerprint density at radius 2 is 2.03 bits per heavy atom. The predicted octanol–water partition coefficient (Wildman–Crippen LogP) is 3.67. The number of hydrogen-bond donors (Lipinski definition) is 0. The molecule has 1 aromatic heterocycles. The molecule has 6 heteroatoms. The summed E-state index contributed by atoms with van der Waals surface area (Å²) in [5, 5.41) is 0. The highest BCUT2D eigenvalue weighted by molar-refractivity contribution is 5.78. The predicted molar refractivity (Wildman–Crippen MR) is 116 cm³/mol. The number of likely N-dealkylation sites (tertiary alicyclic amines) is 1. The first kappa shape index (κ1) is 20.4. The van der Waals surface area contributed by atoms with Crippen LogP contribution in [0.2, 0.25) is 0 Å². The first-order chi connectivity index (χ1) is 15.1. The fourth-order valence-corrected chi connectivity index (χ4v) is 6.05. The van der Waals surface area contributed by atoms with Crippen molar-refractivity contribution in [2.24, 2.45) is 11.8 Å². The fourth-order valence-electron chi connectivity index (χ4n) is 6.05. The molecule has 0 saturated carbocycles. The van der Waals surface area contributed by atoms with Gasteiger partial charge in [0.15, 0.2) is 0 Å². The summed E-state index contributed by atoms with van der Waals surface area (Å²) in [5.74, 6) is 1.64. The number of pyridine rings is 1. The van der Waals surface area contributed by atoms with E-state index >= 15 is 0 Å². The molecule has 0 N–H and O–H groups in total. The van der Waals surface area contributed by atoms with Gasteiger partial charge in [-0.05, 0) is 60.8 Å². The summed E-state index contributed by atoms with van der Waals surface area (Å²) in [6, 6.07) is 11.3. The van der Waals surface area contributed by atoms with Crippen molar-refractivity contribution in [2.75, 3.05) is 20.2 Å². The quantitative estimate of drug-likeness (QED) is 0.736. The average Bonchev–Trinajstić information content (AvgIpc) is 2.77. The van der Waals surface area contributed by atoms with E-state index in [9.17, 15) is 9.18 Å². The van der Waals surface area contributed by atoms with Gasteiger partial charge in [0.1, 0.15) is 5.82 Å². The number of amides is 1. The Bertz CT molecular complexity index is 935. The SMILES string of the molecule is COc1ccc(CN2C[C@H]3C[C@@H](C2)[C@H](Cc2cccc(F)c2)N2C(=O)CCC[C@@H]32)cn1. The minimum Gasteiger partial charge on any atom is -0.481 e. The molecule has 5 nitrogen and oxygen atoms in total. The number of carbonyl (C=O) groups is 1. The first-order valence-corrected chi connectivity index (χ1v) is 11.4. The van der Waals surface area contributed by atoms with Crippen LogP contribution in [0, 0.1) is 17.7 Å². The smallest absolute Gasteiger partial charge is 0.223 e. The van der Waals surface area contributed by atoms with E-state index in [1.54, 1.807) is 19.2 Å². The Morgan fingerprint density at radius 3 is 2.81 bits per heavy atom. The minimum atomic E-state index is -0.204. The summed E-state index contributed by atoms with van der Waals surface area (Å²) in [4.78, 5) is 22.1. The van der Waals surface area contributed by atoms with Gasteiger partial charge < -0.3 is 9.64 Å². The number of piperidine rings is 3. The van der Waals surface area contributed by atoms with Crippen LogP contribution in [0.5, 0.6) is 5.88 Å². The van der Waals surface area contributed by atoms with Gasteiger partial charge in [-0.25, -0.2) is 9.37 Å². The molecule has 31 heavy (non-hydrogen) atoms. The molecule has 1 aromatic carbocycles. The molecule has 3 aliphatic heterocycles. The maximum absolute atomic E-state index is 13.8. The van der Waals surface area contributed by atoms with Crippen molar-refractivity contribution in [3.63, 3.8) is 0 Å². The van der Waals surface area contributed by atoms with Crippen LogP contribution in [0.4, 0.5) is 4.39 Å². The van der Waals surface area contributed by atoms with Crippen molar-refractivity contribution in [2.45, 2.75) is 50.7 Å². The largest absolute Gasteiger partial charge is 0.481 e. The van der Waals surface area contributed by atoms with Crippen molar-refractivity contribution in [1.29, 1.82) is 0 Å². The average molecular weight is 424 g/mol. The highest BCUT2D eigenvalue weighted by Gasteiger charge is 2.49. The molecule has 0 radical (unpaired) electrons. The monoisotopic (exact) mass is 423 g/mol. The number of rotatable bonds is 5. The van der Waals surface area contributed by atoms with E-state index < -0.39 is 0 Å². The normalized spacial score (nSPS) is 28.3. The van der Waals surface area contributed by atoms with Crippen molar-refractivity contribution < 1.29 is 13.9 Å². The Balaban J connectivity index is 1.38. The lowest BCUT2D eigenvalue weighted by Crippen LogP contribution is -2.65. The minimum absolute atomic E-state index is 0.146. The van der Waals surface area contributed by atoms with Crippen molar-refractivity contribution in [3.05, 3.63) is 59.5 Å². The number of halogens is 1. The number of ether oxygens (including phenoxy) is 1. The second-order valence-corrected chi connectivity index (χ2v) is 9.32. The standard InChI is InChI=1S/C25H30FN3O2/c1-31-24-9-8-18(13-27-24)14-28-15-19-12-20(16-28)23(11-17-4-2-5-21(26)10-17)29-22(19)6-3-7-25(29)30/h2,4-5,8-10,13,19-20,22-23H,3,6-7,11-12,14-16H2,1H3/t19-,20+,22+,23+/m1/s1. The third-order valence-corrected chi connectivity index (χ3v) is 7.32. The summed E-state index contributed by atoms with van der Waals surface area (Å²) in [6.45, 7) is 2.83. The highest BCUT2D eigenvalue weighted by Crippen LogP contribution is 2.42. The zero-order valence-electron chi connectivity index (χ0n) is 18.0. The third-order valence-electron chi connectivity index (χ3n) is 7.32. The number of hydrogen-bond acceptors (Lipinski definition) is 4. The first-order valence-electron chi connectivity index (χ1n) is 11.4. The molecule has 0 aliphatic carbocycles. The number of aromatic nitrogens is 1.